The van der Waals surface area contributed by atoms with Crippen LogP contribution in [0.25, 0.3) is 0 Å². The van der Waals surface area contributed by atoms with E-state index >= 15 is 0 Å². The smallest absolute Gasteiger partial charge is 0.403 e. The number of rotatable bonds is 25. The molecular weight excluding hydrogens is 769 g/mol. The van der Waals surface area contributed by atoms with Crippen LogP contribution in [-0.4, -0.2) is 103 Å². The number of carbonyl (C=O) groups excluding carboxylic acids is 5. The Hall–Kier alpha value is -3.65. The second kappa shape index (κ2) is 22.4. The topological polar surface area (TPSA) is 288 Å². The molecule has 1 aliphatic heterocycles. The van der Waals surface area contributed by atoms with Gasteiger partial charge in [0.15, 0.2) is 6.17 Å². The first-order chi connectivity index (χ1) is 28.5. The number of amides is 5. The van der Waals surface area contributed by atoms with Crippen LogP contribution in [0.4, 0.5) is 0 Å². The predicted molar refractivity (Wildman–Crippen MR) is 229 cm³/mol. The molecule has 14 N–H and O–H groups in total. The molecule has 0 aromatic heterocycles. The van der Waals surface area contributed by atoms with Gasteiger partial charge < -0.3 is 63.9 Å². The fourth-order valence-electron chi connectivity index (χ4n) is 8.99. The number of aliphatic hydroxyl groups is 1. The van der Waals surface area contributed by atoms with Crippen LogP contribution in [0.5, 0.6) is 0 Å². The van der Waals surface area contributed by atoms with Crippen LogP contribution in [0, 0.1) is 17.3 Å². The van der Waals surface area contributed by atoms with Gasteiger partial charge in [-0.25, -0.2) is 0 Å². The number of aryl methyl sites for hydroxylation is 1. The number of unbranched alkanes of at least 4 members (excludes halogenated alkanes) is 6. The molecule has 1 aromatic carbocycles. The molecule has 3 aliphatic carbocycles. The number of nitrogens with one attached hydrogen (secondary N) is 5. The lowest BCUT2D eigenvalue weighted by Crippen LogP contribution is -2.65. The number of hydrogen-bond donors (Lipinski definition) is 10. The Morgan fingerprint density at radius 1 is 0.783 bits per heavy atom. The van der Waals surface area contributed by atoms with Gasteiger partial charge in [-0.05, 0) is 113 Å². The van der Waals surface area contributed by atoms with E-state index in [0.29, 0.717) is 36.8 Å². The zero-order valence-electron chi connectivity index (χ0n) is 36.3. The zero-order valence-corrected chi connectivity index (χ0v) is 36.3. The third-order valence-electron chi connectivity index (χ3n) is 12.9. The number of carbonyl (C=O) groups is 5. The summed E-state index contributed by atoms with van der Waals surface area (Å²) in [5, 5.41) is 23.2. The molecule has 17 nitrogen and oxygen atoms in total. The Morgan fingerprint density at radius 3 is 2.07 bits per heavy atom. The highest BCUT2D eigenvalue weighted by Gasteiger charge is 2.68. The summed E-state index contributed by atoms with van der Waals surface area (Å²) < 4.78 is 12.6. The fraction of sp³-hybridized carbons (Fsp3) is 0.738. The van der Waals surface area contributed by atoms with E-state index in [0.717, 1.165) is 37.7 Å². The lowest BCUT2D eigenvalue weighted by Gasteiger charge is -2.64. The Kier molecular flexibility index (Phi) is 18.3. The largest absolute Gasteiger partial charge is 0.497 e. The van der Waals surface area contributed by atoms with Crippen molar-refractivity contribution < 1.29 is 38.4 Å². The highest BCUT2D eigenvalue weighted by atomic mass is 16.7. The molecule has 336 valence electrons. The average molecular weight is 842 g/mol. The highest BCUT2D eigenvalue weighted by molar-refractivity contribution is 6.47. The molecule has 1 aromatic rings. The fourth-order valence-corrected chi connectivity index (χ4v) is 8.99. The van der Waals surface area contributed by atoms with E-state index in [1.54, 1.807) is 12.1 Å². The monoisotopic (exact) mass is 842 g/mol. The van der Waals surface area contributed by atoms with Crippen molar-refractivity contribution in [3.05, 3.63) is 35.4 Å². The first kappa shape index (κ1) is 49.0. The molecule has 1 unspecified atom stereocenters. The van der Waals surface area contributed by atoms with Crippen LogP contribution in [0.1, 0.15) is 128 Å². The van der Waals surface area contributed by atoms with E-state index < -0.39 is 78.7 Å². The van der Waals surface area contributed by atoms with Gasteiger partial charge in [0.05, 0.1) is 17.8 Å². The molecule has 4 aliphatic rings. The Labute approximate surface area is 355 Å². The second-order valence-electron chi connectivity index (χ2n) is 17.7. The minimum atomic E-state index is -1.68. The van der Waals surface area contributed by atoms with Crippen molar-refractivity contribution in [1.29, 1.82) is 0 Å². The van der Waals surface area contributed by atoms with Gasteiger partial charge in [-0.15, -0.1) is 0 Å². The number of benzene rings is 1. The van der Waals surface area contributed by atoms with Gasteiger partial charge in [-0.1, -0.05) is 65.0 Å². The summed E-state index contributed by atoms with van der Waals surface area (Å²) in [6, 6.07) is 2.34. The number of nitrogens with two attached hydrogens (primary N) is 4. The molecule has 0 radical (unpaired) electrons. The summed E-state index contributed by atoms with van der Waals surface area (Å²) in [6.07, 6.45) is 7.95. The van der Waals surface area contributed by atoms with Crippen molar-refractivity contribution in [1.82, 2.24) is 26.6 Å². The van der Waals surface area contributed by atoms with E-state index in [1.807, 2.05) is 19.1 Å². The van der Waals surface area contributed by atoms with Crippen molar-refractivity contribution >= 4 is 36.7 Å². The van der Waals surface area contributed by atoms with E-state index in [1.165, 1.54) is 32.6 Å². The Balaban J connectivity index is 1.30. The Morgan fingerprint density at radius 2 is 1.43 bits per heavy atom. The molecule has 4 fully saturated rings. The van der Waals surface area contributed by atoms with Gasteiger partial charge >= 0.3 is 7.12 Å². The van der Waals surface area contributed by atoms with Crippen LogP contribution in [0.3, 0.4) is 0 Å². The number of hydrogen-bond acceptors (Lipinski definition) is 12. The quantitative estimate of drug-likeness (QED) is 0.0368. The molecule has 1 saturated heterocycles. The van der Waals surface area contributed by atoms with Crippen LogP contribution >= 0.6 is 0 Å². The van der Waals surface area contributed by atoms with Gasteiger partial charge in [-0.2, -0.15) is 0 Å². The summed E-state index contributed by atoms with van der Waals surface area (Å²) in [7, 11) is -0.891. The van der Waals surface area contributed by atoms with E-state index in [-0.39, 0.29) is 30.9 Å². The van der Waals surface area contributed by atoms with Crippen molar-refractivity contribution in [3.8, 4) is 0 Å². The maximum Gasteiger partial charge on any atom is 0.497 e. The van der Waals surface area contributed by atoms with Gasteiger partial charge in [0.1, 0.15) is 24.2 Å². The first-order valence-electron chi connectivity index (χ1n) is 22.0. The van der Waals surface area contributed by atoms with Crippen molar-refractivity contribution in [2.45, 2.75) is 166 Å². The van der Waals surface area contributed by atoms with Crippen molar-refractivity contribution in [2.75, 3.05) is 13.1 Å². The van der Waals surface area contributed by atoms with E-state index in [2.05, 4.69) is 47.4 Å². The van der Waals surface area contributed by atoms with E-state index in [9.17, 15) is 29.1 Å². The molecule has 1 heterocycles. The normalized spacial score (nSPS) is 24.4. The third kappa shape index (κ3) is 12.5. The molecule has 18 heteroatoms. The average Bonchev–Trinajstić information content (AvgIpc) is 3.58. The number of aliphatic hydroxyl groups excluding tert-OH is 1. The van der Waals surface area contributed by atoms with Gasteiger partial charge in [-0.3, -0.25) is 24.0 Å². The summed E-state index contributed by atoms with van der Waals surface area (Å²) in [5.41, 5.74) is 25.0. The Bertz CT molecular complexity index is 1600. The van der Waals surface area contributed by atoms with Gasteiger partial charge in [0.2, 0.25) is 17.7 Å². The van der Waals surface area contributed by atoms with Crippen LogP contribution in [-0.2, 0) is 34.9 Å². The lowest BCUT2D eigenvalue weighted by atomic mass is 9.43. The summed E-state index contributed by atoms with van der Waals surface area (Å²) in [5.74, 6) is -2.93. The maximum absolute atomic E-state index is 13.6. The predicted octanol–water partition coefficient (Wildman–Crippen LogP) is 0.586. The lowest BCUT2D eigenvalue weighted by molar-refractivity contribution is -0.199. The molecule has 10 atom stereocenters. The van der Waals surface area contributed by atoms with Gasteiger partial charge in [0.25, 0.3) is 11.8 Å². The summed E-state index contributed by atoms with van der Waals surface area (Å²) in [4.78, 5) is 66.8. The van der Waals surface area contributed by atoms with Crippen LogP contribution < -0.4 is 49.5 Å². The molecule has 3 saturated carbocycles. The van der Waals surface area contributed by atoms with Crippen LogP contribution in [0.2, 0.25) is 0 Å². The maximum atomic E-state index is 13.6. The van der Waals surface area contributed by atoms with Crippen molar-refractivity contribution in [2.24, 2.45) is 40.2 Å². The summed E-state index contributed by atoms with van der Waals surface area (Å²) in [6.45, 7) is 10.4. The van der Waals surface area contributed by atoms with E-state index in [4.69, 9.17) is 32.2 Å². The molecule has 5 amide bonds. The molecule has 5 rings (SSSR count). The minimum Gasteiger partial charge on any atom is -0.403 e. The molecule has 2 bridgehead atoms. The van der Waals surface area contributed by atoms with Crippen LogP contribution in [0.15, 0.2) is 24.3 Å². The molecule has 60 heavy (non-hydrogen) atoms. The van der Waals surface area contributed by atoms with Gasteiger partial charge in [0, 0.05) is 5.56 Å². The molecule has 0 spiro atoms. The summed E-state index contributed by atoms with van der Waals surface area (Å²) >= 11 is 0. The SMILES string of the molecule is CCCCCCCCc1ccc(C(=O)N[C@@H](CCN)C(=O)N[C@H](C(=O)N[C@@H](N)C(=O)N[C@@H](CCCCN)C(=O)N[C@@H](N)B2OC3C[C@@H]4C[C@@H](C4(C)C)[C@]3(C)O2)[C@@H](C)O)cc1. The zero-order chi connectivity index (χ0) is 44.2. The standard InChI is InChI=1S/C42H72BN9O8/c1-6-7-8-9-10-11-14-26-16-18-27(19-17-26)35(54)48-30(20-22-45)36(55)50-33(25(2)53)38(57)51-34(46)39(58)49-29(15-12-13-21-44)37(56)52-40(47)43-59-32-24-28-23-31(41(28,3)4)42(32,5)60-43/h16-19,25,28-34,40,53H,6-15,20-24,44-47H2,1-5H3,(H,48,54)(H,49,58)(H,50,55)(H,51,57)(H,52,56)/t25-,28+,29+,30+,31+,32?,33+,34-,40-,42+/m1/s1. The van der Waals surface area contributed by atoms with Crippen molar-refractivity contribution in [3.63, 3.8) is 0 Å². The molecular formula is C42H72BN9O8. The first-order valence-corrected chi connectivity index (χ1v) is 22.0. The minimum absolute atomic E-state index is 0.0386. The third-order valence-corrected chi connectivity index (χ3v) is 12.9. The highest BCUT2D eigenvalue weighted by Crippen LogP contribution is 2.65. The second-order valence-corrected chi connectivity index (χ2v) is 17.7.